The number of amides is 1. The molecule has 1 aliphatic carbocycles. The van der Waals surface area contributed by atoms with Crippen molar-refractivity contribution in [3.63, 3.8) is 0 Å². The van der Waals surface area contributed by atoms with E-state index >= 15 is 0 Å². The van der Waals surface area contributed by atoms with E-state index in [1.807, 2.05) is 34.6 Å². The van der Waals surface area contributed by atoms with Gasteiger partial charge in [0.25, 0.3) is 5.91 Å². The molecule has 1 amide bonds. The zero-order chi connectivity index (χ0) is 16.2. The highest BCUT2D eigenvalue weighted by Crippen LogP contribution is 2.32. The molecule has 2 unspecified atom stereocenters. The second-order valence-corrected chi connectivity index (χ2v) is 8.10. The standard InChI is InChI=1S/C16H27N5OS.ClH/c1-3-23-14-5-4-13(10-14)20(2)16(22)15-11-21(19-18-15)12-6-8-17-9-7-12;/h11-14,17H,3-10H2,1-2H3;1H. The molecule has 0 bridgehead atoms. The van der Waals surface area contributed by atoms with E-state index in [1.165, 1.54) is 6.42 Å². The van der Waals surface area contributed by atoms with Crippen LogP contribution < -0.4 is 5.32 Å². The Morgan fingerprint density at radius 2 is 2.12 bits per heavy atom. The minimum Gasteiger partial charge on any atom is -0.337 e. The highest BCUT2D eigenvalue weighted by molar-refractivity contribution is 7.99. The van der Waals surface area contributed by atoms with Gasteiger partial charge in [-0.25, -0.2) is 4.68 Å². The third kappa shape index (κ3) is 4.43. The van der Waals surface area contributed by atoms with E-state index in [9.17, 15) is 4.79 Å². The number of thioether (sulfide) groups is 1. The Morgan fingerprint density at radius 3 is 2.83 bits per heavy atom. The fourth-order valence-corrected chi connectivity index (χ4v) is 4.76. The molecule has 24 heavy (non-hydrogen) atoms. The summed E-state index contributed by atoms with van der Waals surface area (Å²) in [5.74, 6) is 1.16. The molecular formula is C16H28ClN5OS. The van der Waals surface area contributed by atoms with Crippen LogP contribution in [0.2, 0.25) is 0 Å². The molecule has 0 spiro atoms. The first-order chi connectivity index (χ1) is 11.2. The lowest BCUT2D eigenvalue weighted by molar-refractivity contribution is 0.0729. The quantitative estimate of drug-likeness (QED) is 0.858. The number of carbonyl (C=O) groups is 1. The van der Waals surface area contributed by atoms with E-state index in [1.54, 1.807) is 0 Å². The topological polar surface area (TPSA) is 63.1 Å². The average molecular weight is 374 g/mol. The van der Waals surface area contributed by atoms with Gasteiger partial charge < -0.3 is 10.2 Å². The van der Waals surface area contributed by atoms with Crippen molar-refractivity contribution >= 4 is 30.1 Å². The second kappa shape index (κ2) is 9.06. The van der Waals surface area contributed by atoms with Crippen LogP contribution in [0.15, 0.2) is 6.20 Å². The van der Waals surface area contributed by atoms with Crippen LogP contribution in [0.1, 0.15) is 55.6 Å². The van der Waals surface area contributed by atoms with E-state index in [4.69, 9.17) is 0 Å². The molecular weight excluding hydrogens is 346 g/mol. The summed E-state index contributed by atoms with van der Waals surface area (Å²) in [6, 6.07) is 0.711. The minimum absolute atomic E-state index is 0. The van der Waals surface area contributed by atoms with Gasteiger partial charge in [0, 0.05) is 18.3 Å². The van der Waals surface area contributed by atoms with Gasteiger partial charge in [0.15, 0.2) is 5.69 Å². The highest BCUT2D eigenvalue weighted by Gasteiger charge is 2.31. The molecule has 0 aromatic carbocycles. The maximum atomic E-state index is 12.7. The summed E-state index contributed by atoms with van der Waals surface area (Å²) in [7, 11) is 1.91. The first kappa shape index (κ1) is 19.5. The predicted octanol–water partition coefficient (Wildman–Crippen LogP) is 2.37. The van der Waals surface area contributed by atoms with Crippen LogP contribution >= 0.6 is 24.2 Å². The Bertz CT molecular complexity index is 534. The monoisotopic (exact) mass is 373 g/mol. The normalized spacial score (nSPS) is 24.6. The molecule has 1 saturated heterocycles. The molecule has 1 aromatic rings. The van der Waals surface area contributed by atoms with Crippen LogP contribution in [-0.2, 0) is 0 Å². The van der Waals surface area contributed by atoms with Gasteiger partial charge in [0.1, 0.15) is 0 Å². The van der Waals surface area contributed by atoms with Crippen LogP contribution in [0, 0.1) is 0 Å². The molecule has 2 aliphatic rings. The molecule has 136 valence electrons. The lowest BCUT2D eigenvalue weighted by Gasteiger charge is -2.24. The Balaban J connectivity index is 0.00000208. The van der Waals surface area contributed by atoms with Gasteiger partial charge in [0.2, 0.25) is 0 Å². The minimum atomic E-state index is 0. The van der Waals surface area contributed by atoms with Crippen LogP contribution in [0.3, 0.4) is 0 Å². The third-order valence-corrected chi connectivity index (χ3v) is 6.27. The number of piperidine rings is 1. The molecule has 2 fully saturated rings. The zero-order valence-corrected chi connectivity index (χ0v) is 16.1. The Kier molecular flexibility index (Phi) is 7.37. The summed E-state index contributed by atoms with van der Waals surface area (Å²) >= 11 is 2.01. The number of rotatable bonds is 5. The molecule has 8 heteroatoms. The molecule has 0 radical (unpaired) electrons. The fourth-order valence-electron chi connectivity index (χ4n) is 3.63. The van der Waals surface area contributed by atoms with Crippen molar-refractivity contribution in [2.45, 2.75) is 56.4 Å². The molecule has 2 atom stereocenters. The van der Waals surface area contributed by atoms with Crippen LogP contribution in [0.25, 0.3) is 0 Å². The summed E-state index contributed by atoms with van der Waals surface area (Å²) < 4.78 is 1.88. The lowest BCUT2D eigenvalue weighted by atomic mass is 10.1. The van der Waals surface area contributed by atoms with E-state index in [0.717, 1.165) is 44.5 Å². The fraction of sp³-hybridized carbons (Fsp3) is 0.812. The van der Waals surface area contributed by atoms with Gasteiger partial charge in [-0.3, -0.25) is 4.79 Å². The summed E-state index contributed by atoms with van der Waals surface area (Å²) in [5.41, 5.74) is 0.484. The number of hydrogen-bond donors (Lipinski definition) is 1. The van der Waals surface area contributed by atoms with Gasteiger partial charge in [-0.05, 0) is 50.9 Å². The Morgan fingerprint density at radius 1 is 1.38 bits per heavy atom. The van der Waals surface area contributed by atoms with Crippen LogP contribution in [0.4, 0.5) is 0 Å². The van der Waals surface area contributed by atoms with Gasteiger partial charge in [-0.2, -0.15) is 11.8 Å². The van der Waals surface area contributed by atoms with Crippen molar-refractivity contribution in [1.82, 2.24) is 25.2 Å². The predicted molar refractivity (Wildman–Crippen MR) is 100 cm³/mol. The maximum Gasteiger partial charge on any atom is 0.276 e. The zero-order valence-electron chi connectivity index (χ0n) is 14.5. The molecule has 1 saturated carbocycles. The van der Waals surface area contributed by atoms with E-state index < -0.39 is 0 Å². The molecule has 1 aromatic heterocycles. The largest absolute Gasteiger partial charge is 0.337 e. The van der Waals surface area contributed by atoms with Gasteiger partial charge in [-0.15, -0.1) is 17.5 Å². The van der Waals surface area contributed by atoms with Crippen molar-refractivity contribution in [2.75, 3.05) is 25.9 Å². The highest BCUT2D eigenvalue weighted by atomic mass is 35.5. The molecule has 1 N–H and O–H groups in total. The molecule has 6 nitrogen and oxygen atoms in total. The summed E-state index contributed by atoms with van der Waals surface area (Å²) in [4.78, 5) is 14.6. The summed E-state index contributed by atoms with van der Waals surface area (Å²) in [6.45, 7) is 4.21. The smallest absolute Gasteiger partial charge is 0.276 e. The Hall–Kier alpha value is -0.790. The Labute approximate surface area is 154 Å². The third-order valence-electron chi connectivity index (χ3n) is 5.04. The van der Waals surface area contributed by atoms with Gasteiger partial charge in [0.05, 0.1) is 12.2 Å². The molecule has 1 aliphatic heterocycles. The second-order valence-electron chi connectivity index (χ2n) is 6.53. The summed E-state index contributed by atoms with van der Waals surface area (Å²) in [5, 5.41) is 12.4. The first-order valence-electron chi connectivity index (χ1n) is 8.70. The number of aromatic nitrogens is 3. The van der Waals surface area contributed by atoms with Crippen LogP contribution in [-0.4, -0.2) is 63.0 Å². The average Bonchev–Trinajstić information content (AvgIpc) is 3.24. The van der Waals surface area contributed by atoms with Crippen molar-refractivity contribution < 1.29 is 4.79 Å². The number of halogens is 1. The number of carbonyl (C=O) groups excluding carboxylic acids is 1. The summed E-state index contributed by atoms with van der Waals surface area (Å²) in [6.07, 6.45) is 7.34. The number of hydrogen-bond acceptors (Lipinski definition) is 5. The van der Waals surface area contributed by atoms with Crippen molar-refractivity contribution in [2.24, 2.45) is 0 Å². The SMILES string of the molecule is CCSC1CCC(N(C)C(=O)c2cn(C3CCNCC3)nn2)C1.Cl. The van der Waals surface area contributed by atoms with Gasteiger partial charge in [-0.1, -0.05) is 12.1 Å². The van der Waals surface area contributed by atoms with E-state index in [-0.39, 0.29) is 18.3 Å². The van der Waals surface area contributed by atoms with E-state index in [2.05, 4.69) is 22.6 Å². The molecule has 3 rings (SSSR count). The van der Waals surface area contributed by atoms with Crippen molar-refractivity contribution in [3.8, 4) is 0 Å². The van der Waals surface area contributed by atoms with Crippen molar-refractivity contribution in [1.29, 1.82) is 0 Å². The molecule has 2 heterocycles. The lowest BCUT2D eigenvalue weighted by Crippen LogP contribution is -2.35. The van der Waals surface area contributed by atoms with E-state index in [0.29, 0.717) is 23.0 Å². The number of nitrogens with zero attached hydrogens (tertiary/aromatic N) is 4. The first-order valence-corrected chi connectivity index (χ1v) is 9.75. The van der Waals surface area contributed by atoms with Crippen LogP contribution in [0.5, 0.6) is 0 Å². The van der Waals surface area contributed by atoms with Crippen molar-refractivity contribution in [3.05, 3.63) is 11.9 Å². The van der Waals surface area contributed by atoms with Gasteiger partial charge >= 0.3 is 0 Å². The maximum absolute atomic E-state index is 12.7. The number of nitrogens with one attached hydrogen (secondary N) is 1.